The van der Waals surface area contributed by atoms with Crippen LogP contribution >= 0.6 is 0 Å². The molecule has 2 aromatic carbocycles. The number of nitro groups is 1. The first-order valence-electron chi connectivity index (χ1n) is 6.84. The molecule has 0 spiro atoms. The highest BCUT2D eigenvalue weighted by Gasteiger charge is 2.15. The lowest BCUT2D eigenvalue weighted by molar-refractivity contribution is -0.387. The molecule has 8 heteroatoms. The highest BCUT2D eigenvalue weighted by Crippen LogP contribution is 2.21. The van der Waals surface area contributed by atoms with Crippen LogP contribution < -0.4 is 10.1 Å². The Bertz CT molecular complexity index is 790. The number of Topliss-reactive ketones (excluding diaryl/α,β-unsaturated/α-hetero) is 1. The van der Waals surface area contributed by atoms with Crippen LogP contribution in [0.15, 0.2) is 42.5 Å². The number of carbonyl (C=O) groups excluding carboxylic acids is 2. The summed E-state index contributed by atoms with van der Waals surface area (Å²) in [6.07, 6.45) is 0. The fraction of sp³-hybridized carbons (Fsp3) is 0.125. The molecule has 0 heterocycles. The SMILES string of the molecule is CC(=O)c1ccc(OCC(=O)Nc2ccc(F)c([N+](=O)[O-])c2)cc1. The molecule has 0 unspecified atom stereocenters. The van der Waals surface area contributed by atoms with Gasteiger partial charge in [0.2, 0.25) is 5.82 Å². The van der Waals surface area contributed by atoms with Gasteiger partial charge < -0.3 is 10.1 Å². The largest absolute Gasteiger partial charge is 0.484 e. The molecule has 0 aliphatic carbocycles. The molecular formula is C16H13FN2O5. The molecule has 0 bridgehead atoms. The predicted molar refractivity (Wildman–Crippen MR) is 83.6 cm³/mol. The normalized spacial score (nSPS) is 10.1. The van der Waals surface area contributed by atoms with Crippen LogP contribution in [0.3, 0.4) is 0 Å². The number of rotatable bonds is 6. The summed E-state index contributed by atoms with van der Waals surface area (Å²) in [7, 11) is 0. The zero-order valence-corrected chi connectivity index (χ0v) is 12.6. The number of ether oxygens (including phenoxy) is 1. The van der Waals surface area contributed by atoms with Gasteiger partial charge in [-0.3, -0.25) is 19.7 Å². The lowest BCUT2D eigenvalue weighted by Gasteiger charge is -2.08. The third-order valence-electron chi connectivity index (χ3n) is 3.06. The molecule has 0 fully saturated rings. The van der Waals surface area contributed by atoms with Gasteiger partial charge in [-0.25, -0.2) is 0 Å². The van der Waals surface area contributed by atoms with E-state index in [0.29, 0.717) is 11.3 Å². The lowest BCUT2D eigenvalue weighted by Crippen LogP contribution is -2.20. The van der Waals surface area contributed by atoms with E-state index in [2.05, 4.69) is 5.32 Å². The van der Waals surface area contributed by atoms with Gasteiger partial charge in [-0.15, -0.1) is 0 Å². The van der Waals surface area contributed by atoms with Gasteiger partial charge in [0.15, 0.2) is 12.4 Å². The second-order valence-corrected chi connectivity index (χ2v) is 4.84. The van der Waals surface area contributed by atoms with E-state index in [9.17, 15) is 24.1 Å². The molecule has 0 saturated heterocycles. The summed E-state index contributed by atoms with van der Waals surface area (Å²) in [6.45, 7) is 1.09. The molecule has 0 aromatic heterocycles. The summed E-state index contributed by atoms with van der Waals surface area (Å²) < 4.78 is 18.5. The Morgan fingerprint density at radius 1 is 1.21 bits per heavy atom. The number of amides is 1. The second-order valence-electron chi connectivity index (χ2n) is 4.84. The summed E-state index contributed by atoms with van der Waals surface area (Å²) in [5.41, 5.74) is -0.123. The van der Waals surface area contributed by atoms with Gasteiger partial charge in [0.25, 0.3) is 5.91 Å². The van der Waals surface area contributed by atoms with Crippen molar-refractivity contribution in [1.29, 1.82) is 0 Å². The standard InChI is InChI=1S/C16H13FN2O5/c1-10(20)11-2-5-13(6-3-11)24-9-16(21)18-12-4-7-14(17)15(8-12)19(22)23/h2-8H,9H2,1H3,(H,18,21). The molecule has 1 amide bonds. The van der Waals surface area contributed by atoms with Crippen LogP contribution in [0, 0.1) is 15.9 Å². The van der Waals surface area contributed by atoms with Crippen molar-refractivity contribution in [1.82, 2.24) is 0 Å². The molecule has 0 radical (unpaired) electrons. The Kier molecular flexibility index (Phi) is 5.20. The van der Waals surface area contributed by atoms with Gasteiger partial charge in [-0.1, -0.05) is 0 Å². The lowest BCUT2D eigenvalue weighted by atomic mass is 10.1. The molecule has 24 heavy (non-hydrogen) atoms. The van der Waals surface area contributed by atoms with Gasteiger partial charge in [0.1, 0.15) is 5.75 Å². The molecule has 2 rings (SSSR count). The van der Waals surface area contributed by atoms with E-state index in [1.807, 2.05) is 0 Å². The molecule has 124 valence electrons. The van der Waals surface area contributed by atoms with E-state index >= 15 is 0 Å². The number of nitrogens with one attached hydrogen (secondary N) is 1. The zero-order chi connectivity index (χ0) is 17.7. The highest BCUT2D eigenvalue weighted by molar-refractivity contribution is 5.94. The Hall–Kier alpha value is -3.29. The van der Waals surface area contributed by atoms with Gasteiger partial charge in [-0.05, 0) is 43.3 Å². The van der Waals surface area contributed by atoms with E-state index in [4.69, 9.17) is 4.74 Å². The van der Waals surface area contributed by atoms with E-state index < -0.39 is 22.3 Å². The number of halogens is 1. The summed E-state index contributed by atoms with van der Waals surface area (Å²) >= 11 is 0. The highest BCUT2D eigenvalue weighted by atomic mass is 19.1. The monoisotopic (exact) mass is 332 g/mol. The van der Waals surface area contributed by atoms with Crippen molar-refractivity contribution in [3.63, 3.8) is 0 Å². The number of hydrogen-bond donors (Lipinski definition) is 1. The van der Waals surface area contributed by atoms with E-state index in [1.54, 1.807) is 24.3 Å². The number of carbonyl (C=O) groups is 2. The Balaban J connectivity index is 1.95. The van der Waals surface area contributed by atoms with Crippen molar-refractivity contribution in [3.05, 3.63) is 64.0 Å². The topological polar surface area (TPSA) is 98.5 Å². The summed E-state index contributed by atoms with van der Waals surface area (Å²) in [5, 5.41) is 13.0. The summed E-state index contributed by atoms with van der Waals surface area (Å²) in [5.74, 6) is -1.25. The van der Waals surface area contributed by atoms with Crippen molar-refractivity contribution in [2.45, 2.75) is 6.92 Å². The third kappa shape index (κ3) is 4.35. The van der Waals surface area contributed by atoms with Crippen LogP contribution in [0.1, 0.15) is 17.3 Å². The number of benzene rings is 2. The minimum atomic E-state index is -0.986. The predicted octanol–water partition coefficient (Wildman–Crippen LogP) is 2.95. The first kappa shape index (κ1) is 17.1. The van der Waals surface area contributed by atoms with Gasteiger partial charge >= 0.3 is 5.69 Å². The van der Waals surface area contributed by atoms with Crippen LogP contribution in [0.5, 0.6) is 5.75 Å². The average Bonchev–Trinajstić information content (AvgIpc) is 2.55. The van der Waals surface area contributed by atoms with Crippen LogP contribution in [-0.4, -0.2) is 23.2 Å². The molecule has 7 nitrogen and oxygen atoms in total. The number of hydrogen-bond acceptors (Lipinski definition) is 5. The maximum atomic E-state index is 13.2. The van der Waals surface area contributed by atoms with Crippen molar-refractivity contribution >= 4 is 23.1 Å². The molecule has 0 aliphatic heterocycles. The minimum Gasteiger partial charge on any atom is -0.484 e. The number of anilines is 1. The molecular weight excluding hydrogens is 319 g/mol. The van der Waals surface area contributed by atoms with Crippen molar-refractivity contribution < 1.29 is 23.6 Å². The molecule has 0 atom stereocenters. The number of nitro benzene ring substituents is 1. The van der Waals surface area contributed by atoms with Crippen molar-refractivity contribution in [2.75, 3.05) is 11.9 Å². The molecule has 1 N–H and O–H groups in total. The van der Waals surface area contributed by atoms with Gasteiger partial charge in [-0.2, -0.15) is 4.39 Å². The van der Waals surface area contributed by atoms with Crippen LogP contribution in [0.4, 0.5) is 15.8 Å². The first-order chi connectivity index (χ1) is 11.4. The Morgan fingerprint density at radius 2 is 1.88 bits per heavy atom. The average molecular weight is 332 g/mol. The molecule has 0 aliphatic rings. The van der Waals surface area contributed by atoms with Gasteiger partial charge in [0, 0.05) is 17.3 Å². The first-order valence-corrected chi connectivity index (χ1v) is 6.84. The summed E-state index contributed by atoms with van der Waals surface area (Å²) in [6, 6.07) is 9.27. The Morgan fingerprint density at radius 3 is 2.46 bits per heavy atom. The fourth-order valence-corrected chi connectivity index (χ4v) is 1.86. The molecule has 2 aromatic rings. The smallest absolute Gasteiger partial charge is 0.306 e. The second kappa shape index (κ2) is 7.32. The fourth-order valence-electron chi connectivity index (χ4n) is 1.86. The number of ketones is 1. The minimum absolute atomic E-state index is 0.0859. The maximum absolute atomic E-state index is 13.2. The number of nitrogens with zero attached hydrogens (tertiary/aromatic N) is 1. The van der Waals surface area contributed by atoms with E-state index in [0.717, 1.165) is 12.1 Å². The maximum Gasteiger partial charge on any atom is 0.306 e. The van der Waals surface area contributed by atoms with Crippen LogP contribution in [-0.2, 0) is 4.79 Å². The van der Waals surface area contributed by atoms with Gasteiger partial charge in [0.05, 0.1) is 4.92 Å². The summed E-state index contributed by atoms with van der Waals surface area (Å²) in [4.78, 5) is 32.7. The van der Waals surface area contributed by atoms with Crippen molar-refractivity contribution in [3.8, 4) is 5.75 Å². The Labute approximate surface area is 136 Å². The quantitative estimate of drug-likeness (QED) is 0.498. The van der Waals surface area contributed by atoms with Crippen molar-refractivity contribution in [2.24, 2.45) is 0 Å². The molecule has 0 saturated carbocycles. The van der Waals surface area contributed by atoms with Crippen LogP contribution in [0.2, 0.25) is 0 Å². The van der Waals surface area contributed by atoms with E-state index in [1.165, 1.54) is 13.0 Å². The van der Waals surface area contributed by atoms with Crippen LogP contribution in [0.25, 0.3) is 0 Å². The third-order valence-corrected chi connectivity index (χ3v) is 3.06. The van der Waals surface area contributed by atoms with E-state index in [-0.39, 0.29) is 18.1 Å². The zero-order valence-electron chi connectivity index (χ0n) is 12.6.